The minimum atomic E-state index is -4.07. The second-order valence-electron chi connectivity index (χ2n) is 6.84. The molecule has 0 aliphatic heterocycles. The predicted molar refractivity (Wildman–Crippen MR) is 120 cm³/mol. The Morgan fingerprint density at radius 1 is 1.13 bits per heavy atom. The Morgan fingerprint density at radius 3 is 2.61 bits per heavy atom. The molecule has 3 rings (SSSR count). The molecular weight excluding hydrogens is 459 g/mol. The summed E-state index contributed by atoms with van der Waals surface area (Å²) in [6, 6.07) is 13.3. The highest BCUT2D eigenvalue weighted by Gasteiger charge is 2.29. The van der Waals surface area contributed by atoms with Crippen LogP contribution in [0.2, 0.25) is 10.0 Å². The highest BCUT2D eigenvalue weighted by atomic mass is 35.5. The third-order valence-electron chi connectivity index (χ3n) is 4.51. The number of nitrogens with one attached hydrogen (secondary N) is 1. The molecule has 0 bridgehead atoms. The molecule has 1 N–H and O–H groups in total. The Balaban J connectivity index is 1.73. The number of amides is 1. The number of aromatic nitrogens is 2. The third kappa shape index (κ3) is 6.54. The van der Waals surface area contributed by atoms with Crippen molar-refractivity contribution >= 4 is 39.1 Å². The zero-order chi connectivity index (χ0) is 22.3. The van der Waals surface area contributed by atoms with Crippen LogP contribution in [0.5, 0.6) is 0 Å². The zero-order valence-electron chi connectivity index (χ0n) is 16.6. The van der Waals surface area contributed by atoms with Crippen LogP contribution in [0.1, 0.15) is 12.0 Å². The van der Waals surface area contributed by atoms with Gasteiger partial charge in [0.15, 0.2) is 0 Å². The van der Waals surface area contributed by atoms with Gasteiger partial charge < -0.3 is 9.88 Å². The van der Waals surface area contributed by atoms with Gasteiger partial charge in [-0.15, -0.1) is 0 Å². The lowest BCUT2D eigenvalue weighted by Gasteiger charge is -2.22. The SMILES string of the molecule is O=C(CN(Cc1ccccc1)S(=O)(=O)c1cc(Cl)ccc1Cl)NCCCn1ccnc1. The minimum absolute atomic E-state index is 0.0223. The first-order valence-electron chi connectivity index (χ1n) is 9.58. The molecule has 0 saturated heterocycles. The number of nitrogens with zero attached hydrogens (tertiary/aromatic N) is 3. The molecule has 0 radical (unpaired) electrons. The number of aryl methyl sites for hydroxylation is 1. The van der Waals surface area contributed by atoms with Gasteiger partial charge in [-0.05, 0) is 30.2 Å². The molecule has 31 heavy (non-hydrogen) atoms. The van der Waals surface area contributed by atoms with Gasteiger partial charge in [0, 0.05) is 37.1 Å². The maximum atomic E-state index is 13.3. The molecule has 0 saturated carbocycles. The monoisotopic (exact) mass is 480 g/mol. The van der Waals surface area contributed by atoms with Crippen LogP contribution < -0.4 is 5.32 Å². The van der Waals surface area contributed by atoms with Crippen LogP contribution in [-0.4, -0.2) is 41.3 Å². The molecule has 1 heterocycles. The normalized spacial score (nSPS) is 11.6. The molecule has 3 aromatic rings. The van der Waals surface area contributed by atoms with Crippen molar-refractivity contribution in [3.8, 4) is 0 Å². The van der Waals surface area contributed by atoms with Gasteiger partial charge in [-0.3, -0.25) is 4.79 Å². The van der Waals surface area contributed by atoms with Crippen molar-refractivity contribution in [2.75, 3.05) is 13.1 Å². The first kappa shape index (κ1) is 23.3. The summed E-state index contributed by atoms with van der Waals surface area (Å²) >= 11 is 12.1. The van der Waals surface area contributed by atoms with Gasteiger partial charge in [0.1, 0.15) is 4.90 Å². The molecule has 0 fully saturated rings. The van der Waals surface area contributed by atoms with Crippen LogP contribution in [0.4, 0.5) is 0 Å². The first-order chi connectivity index (χ1) is 14.9. The second kappa shape index (κ2) is 10.8. The Hall–Kier alpha value is -2.39. The lowest BCUT2D eigenvalue weighted by molar-refractivity contribution is -0.121. The molecule has 0 atom stereocenters. The predicted octanol–water partition coefficient (Wildman–Crippen LogP) is 3.59. The number of benzene rings is 2. The summed E-state index contributed by atoms with van der Waals surface area (Å²) in [5.41, 5.74) is 0.747. The van der Waals surface area contributed by atoms with Gasteiger partial charge in [-0.2, -0.15) is 4.31 Å². The van der Waals surface area contributed by atoms with E-state index in [0.29, 0.717) is 19.5 Å². The third-order valence-corrected chi connectivity index (χ3v) is 7.02. The Kier molecular flexibility index (Phi) is 8.09. The summed E-state index contributed by atoms with van der Waals surface area (Å²) < 4.78 is 29.7. The fourth-order valence-corrected chi connectivity index (χ4v) is 5.07. The highest BCUT2D eigenvalue weighted by molar-refractivity contribution is 7.89. The summed E-state index contributed by atoms with van der Waals surface area (Å²) in [5, 5.41) is 3.06. The summed E-state index contributed by atoms with van der Waals surface area (Å²) in [4.78, 5) is 16.4. The number of imidazole rings is 1. The Morgan fingerprint density at radius 2 is 1.90 bits per heavy atom. The molecule has 0 spiro atoms. The average molecular weight is 481 g/mol. The maximum absolute atomic E-state index is 13.3. The standard InChI is InChI=1S/C21H22Cl2N4O3S/c22-18-7-8-19(23)20(13-18)31(29,30)27(14-17-5-2-1-3-6-17)15-21(28)25-9-4-11-26-12-10-24-16-26/h1-3,5-8,10,12-13,16H,4,9,11,14-15H2,(H,25,28). The number of halogens is 2. The molecule has 0 aliphatic carbocycles. The molecular formula is C21H22Cl2N4O3S. The quantitative estimate of drug-likeness (QED) is 0.449. The summed E-state index contributed by atoms with van der Waals surface area (Å²) in [6.45, 7) is 0.790. The van der Waals surface area contributed by atoms with Crippen molar-refractivity contribution in [3.63, 3.8) is 0 Å². The van der Waals surface area contributed by atoms with E-state index in [1.807, 2.05) is 29.0 Å². The van der Waals surface area contributed by atoms with Gasteiger partial charge in [0.05, 0.1) is 17.9 Å². The minimum Gasteiger partial charge on any atom is -0.355 e. The Bertz CT molecular complexity index is 1110. The number of carbonyl (C=O) groups excluding carboxylic acids is 1. The van der Waals surface area contributed by atoms with Gasteiger partial charge in [-0.25, -0.2) is 13.4 Å². The molecule has 164 valence electrons. The van der Waals surface area contributed by atoms with Crippen LogP contribution in [0.3, 0.4) is 0 Å². The molecule has 10 heteroatoms. The van der Waals surface area contributed by atoms with Crippen molar-refractivity contribution in [2.45, 2.75) is 24.4 Å². The van der Waals surface area contributed by atoms with Gasteiger partial charge >= 0.3 is 0 Å². The van der Waals surface area contributed by atoms with E-state index in [9.17, 15) is 13.2 Å². The topological polar surface area (TPSA) is 84.3 Å². The zero-order valence-corrected chi connectivity index (χ0v) is 18.9. The van der Waals surface area contributed by atoms with Crippen LogP contribution >= 0.6 is 23.2 Å². The Labute approximate surface area is 191 Å². The van der Waals surface area contributed by atoms with Crippen molar-refractivity contribution in [3.05, 3.63) is 82.9 Å². The van der Waals surface area contributed by atoms with Crippen molar-refractivity contribution in [1.82, 2.24) is 19.2 Å². The fourth-order valence-electron chi connectivity index (χ4n) is 2.95. The molecule has 7 nitrogen and oxygen atoms in total. The molecule has 1 aromatic heterocycles. The average Bonchev–Trinajstić information content (AvgIpc) is 3.27. The van der Waals surface area contributed by atoms with E-state index in [1.54, 1.807) is 24.7 Å². The smallest absolute Gasteiger partial charge is 0.245 e. The molecule has 2 aromatic carbocycles. The van der Waals surface area contributed by atoms with E-state index in [4.69, 9.17) is 23.2 Å². The van der Waals surface area contributed by atoms with E-state index >= 15 is 0 Å². The van der Waals surface area contributed by atoms with Crippen LogP contribution in [0.15, 0.2) is 72.1 Å². The molecule has 1 amide bonds. The van der Waals surface area contributed by atoms with E-state index in [-0.39, 0.29) is 28.0 Å². The van der Waals surface area contributed by atoms with Crippen LogP contribution in [-0.2, 0) is 27.9 Å². The molecule has 0 aliphatic rings. The fraction of sp³-hybridized carbons (Fsp3) is 0.238. The van der Waals surface area contributed by atoms with E-state index in [2.05, 4.69) is 10.3 Å². The number of carbonyl (C=O) groups is 1. The number of hydrogen-bond acceptors (Lipinski definition) is 4. The van der Waals surface area contributed by atoms with Gasteiger partial charge in [-0.1, -0.05) is 53.5 Å². The number of hydrogen-bond donors (Lipinski definition) is 1. The second-order valence-corrected chi connectivity index (χ2v) is 9.59. The number of rotatable bonds is 10. The lowest BCUT2D eigenvalue weighted by atomic mass is 10.2. The first-order valence-corrected chi connectivity index (χ1v) is 11.8. The molecule has 0 unspecified atom stereocenters. The summed E-state index contributed by atoms with van der Waals surface area (Å²) in [5.74, 6) is -0.400. The highest BCUT2D eigenvalue weighted by Crippen LogP contribution is 2.28. The van der Waals surface area contributed by atoms with E-state index in [1.165, 1.54) is 18.2 Å². The summed E-state index contributed by atoms with van der Waals surface area (Å²) in [7, 11) is -4.07. The van der Waals surface area contributed by atoms with Gasteiger partial charge in [0.25, 0.3) is 0 Å². The van der Waals surface area contributed by atoms with Crippen molar-refractivity contribution in [2.24, 2.45) is 0 Å². The van der Waals surface area contributed by atoms with E-state index in [0.717, 1.165) is 9.87 Å². The van der Waals surface area contributed by atoms with Crippen LogP contribution in [0.25, 0.3) is 0 Å². The van der Waals surface area contributed by atoms with Crippen molar-refractivity contribution in [1.29, 1.82) is 0 Å². The van der Waals surface area contributed by atoms with Gasteiger partial charge in [0.2, 0.25) is 15.9 Å². The van der Waals surface area contributed by atoms with E-state index < -0.39 is 15.9 Å². The van der Waals surface area contributed by atoms with Crippen LogP contribution in [0, 0.1) is 0 Å². The summed E-state index contributed by atoms with van der Waals surface area (Å²) in [6.07, 6.45) is 5.91. The number of sulfonamides is 1. The lowest BCUT2D eigenvalue weighted by Crippen LogP contribution is -2.40. The largest absolute Gasteiger partial charge is 0.355 e. The maximum Gasteiger partial charge on any atom is 0.245 e. The van der Waals surface area contributed by atoms with Crippen molar-refractivity contribution < 1.29 is 13.2 Å².